The van der Waals surface area contributed by atoms with E-state index in [1.165, 1.54) is 10.4 Å². The van der Waals surface area contributed by atoms with Crippen molar-refractivity contribution in [3.63, 3.8) is 0 Å². The molecule has 2 N–H and O–H groups in total. The molecule has 0 fully saturated rings. The summed E-state index contributed by atoms with van der Waals surface area (Å²) >= 11 is 12.8. The summed E-state index contributed by atoms with van der Waals surface area (Å²) in [5, 5.41) is 0. The van der Waals surface area contributed by atoms with Crippen molar-refractivity contribution in [1.82, 2.24) is 0 Å². The third kappa shape index (κ3) is 2.88. The Morgan fingerprint density at radius 2 is 1.85 bits per heavy atom. The molecular formula is C12H12Cl2N2O2S2. The Morgan fingerprint density at radius 3 is 2.30 bits per heavy atom. The van der Waals surface area contributed by atoms with Crippen LogP contribution in [0, 0.1) is 0 Å². The van der Waals surface area contributed by atoms with E-state index >= 15 is 0 Å². The van der Waals surface area contributed by atoms with Gasteiger partial charge in [-0.25, -0.2) is 8.42 Å². The molecule has 1 aromatic carbocycles. The molecule has 8 heteroatoms. The predicted octanol–water partition coefficient (Wildman–Crippen LogP) is 3.85. The van der Waals surface area contributed by atoms with Crippen LogP contribution in [0.1, 0.15) is 6.92 Å². The predicted molar refractivity (Wildman–Crippen MR) is 85.4 cm³/mol. The van der Waals surface area contributed by atoms with Gasteiger partial charge in [-0.1, -0.05) is 23.2 Å². The van der Waals surface area contributed by atoms with Gasteiger partial charge in [0.2, 0.25) is 0 Å². The number of anilines is 2. The van der Waals surface area contributed by atoms with Gasteiger partial charge in [-0.3, -0.25) is 4.31 Å². The second-order valence-corrected chi connectivity index (χ2v) is 8.07. The summed E-state index contributed by atoms with van der Waals surface area (Å²) < 4.78 is 27.0. The van der Waals surface area contributed by atoms with Gasteiger partial charge in [0.15, 0.2) is 0 Å². The lowest BCUT2D eigenvalue weighted by molar-refractivity contribution is 0.592. The summed E-state index contributed by atoms with van der Waals surface area (Å²) in [6.07, 6.45) is 0. The second-order valence-electron chi connectivity index (χ2n) is 3.95. The zero-order valence-electron chi connectivity index (χ0n) is 10.5. The monoisotopic (exact) mass is 350 g/mol. The van der Waals surface area contributed by atoms with Gasteiger partial charge in [0.25, 0.3) is 10.0 Å². The number of hydrogen-bond acceptors (Lipinski definition) is 4. The van der Waals surface area contributed by atoms with Crippen LogP contribution < -0.4 is 10.0 Å². The van der Waals surface area contributed by atoms with E-state index in [9.17, 15) is 8.42 Å². The molecule has 2 rings (SSSR count). The standard InChI is InChI=1S/C12H12Cl2N2O2S2/c1-2-16(9-5-3-8(15)4-6-9)20(17,18)10-7-11(13)19-12(10)14/h3-7H,2,15H2,1H3. The second kappa shape index (κ2) is 5.81. The van der Waals surface area contributed by atoms with Crippen LogP contribution in [0.4, 0.5) is 11.4 Å². The normalized spacial score (nSPS) is 11.6. The minimum absolute atomic E-state index is 0.0211. The van der Waals surface area contributed by atoms with E-state index in [4.69, 9.17) is 28.9 Å². The lowest BCUT2D eigenvalue weighted by Gasteiger charge is -2.22. The van der Waals surface area contributed by atoms with Gasteiger partial charge in [-0.2, -0.15) is 0 Å². The third-order valence-electron chi connectivity index (χ3n) is 2.66. The minimum atomic E-state index is -3.74. The highest BCUT2D eigenvalue weighted by Crippen LogP contribution is 2.37. The summed E-state index contributed by atoms with van der Waals surface area (Å²) in [7, 11) is -3.74. The average molecular weight is 351 g/mol. The summed E-state index contributed by atoms with van der Waals surface area (Å²) in [4.78, 5) is 0.0211. The van der Waals surface area contributed by atoms with Gasteiger partial charge < -0.3 is 5.73 Å². The van der Waals surface area contributed by atoms with Crippen LogP contribution in [0.3, 0.4) is 0 Å². The first-order valence-electron chi connectivity index (χ1n) is 5.69. The van der Waals surface area contributed by atoms with Gasteiger partial charge in [0, 0.05) is 12.2 Å². The Morgan fingerprint density at radius 1 is 1.25 bits per heavy atom. The molecule has 0 aliphatic rings. The molecule has 0 aliphatic carbocycles. The van der Waals surface area contributed by atoms with Crippen LogP contribution in [-0.2, 0) is 10.0 Å². The smallest absolute Gasteiger partial charge is 0.266 e. The SMILES string of the molecule is CCN(c1ccc(N)cc1)S(=O)(=O)c1cc(Cl)sc1Cl. The summed E-state index contributed by atoms with van der Waals surface area (Å²) in [5.41, 5.74) is 6.71. The van der Waals surface area contributed by atoms with Crippen molar-refractivity contribution in [2.24, 2.45) is 0 Å². The fourth-order valence-corrected chi connectivity index (χ4v) is 5.34. The fraction of sp³-hybridized carbons (Fsp3) is 0.167. The van der Waals surface area contributed by atoms with Crippen molar-refractivity contribution in [3.8, 4) is 0 Å². The number of benzene rings is 1. The highest BCUT2D eigenvalue weighted by molar-refractivity contribution is 7.93. The van der Waals surface area contributed by atoms with Crippen molar-refractivity contribution < 1.29 is 8.42 Å². The Balaban J connectivity index is 2.50. The van der Waals surface area contributed by atoms with Gasteiger partial charge in [-0.05, 0) is 37.3 Å². The first kappa shape index (κ1) is 15.4. The van der Waals surface area contributed by atoms with Crippen molar-refractivity contribution in [2.75, 3.05) is 16.6 Å². The lowest BCUT2D eigenvalue weighted by atomic mass is 10.3. The van der Waals surface area contributed by atoms with Gasteiger partial charge in [0.05, 0.1) is 10.0 Å². The zero-order valence-corrected chi connectivity index (χ0v) is 13.7. The van der Waals surface area contributed by atoms with Crippen LogP contribution in [0.5, 0.6) is 0 Å². The number of sulfonamides is 1. The maximum atomic E-state index is 12.6. The summed E-state index contributed by atoms with van der Waals surface area (Å²) in [6, 6.07) is 7.96. The molecule has 0 aliphatic heterocycles. The Kier molecular flexibility index (Phi) is 4.49. The molecule has 2 aromatic rings. The fourth-order valence-electron chi connectivity index (χ4n) is 1.75. The molecule has 0 amide bonds. The Labute approximate surface area is 131 Å². The maximum Gasteiger partial charge on any atom is 0.266 e. The highest BCUT2D eigenvalue weighted by Gasteiger charge is 2.27. The number of hydrogen-bond donors (Lipinski definition) is 1. The molecule has 0 saturated heterocycles. The summed E-state index contributed by atoms with van der Waals surface area (Å²) in [5.74, 6) is 0. The van der Waals surface area contributed by atoms with Crippen molar-refractivity contribution >= 4 is 55.9 Å². The molecule has 108 valence electrons. The van der Waals surface area contributed by atoms with Crippen LogP contribution >= 0.6 is 34.5 Å². The first-order valence-corrected chi connectivity index (χ1v) is 8.70. The molecule has 0 bridgehead atoms. The zero-order chi connectivity index (χ0) is 14.9. The topological polar surface area (TPSA) is 63.4 Å². The lowest BCUT2D eigenvalue weighted by Crippen LogP contribution is -2.30. The van der Waals surface area contributed by atoms with E-state index < -0.39 is 10.0 Å². The van der Waals surface area contributed by atoms with E-state index in [-0.39, 0.29) is 15.8 Å². The number of nitrogens with two attached hydrogens (primary N) is 1. The quantitative estimate of drug-likeness (QED) is 0.851. The number of halogens is 2. The van der Waals surface area contributed by atoms with E-state index in [0.29, 0.717) is 15.7 Å². The minimum Gasteiger partial charge on any atom is -0.399 e. The van der Waals surface area contributed by atoms with Crippen LogP contribution in [0.25, 0.3) is 0 Å². The van der Waals surface area contributed by atoms with Gasteiger partial charge >= 0.3 is 0 Å². The van der Waals surface area contributed by atoms with Crippen molar-refractivity contribution in [2.45, 2.75) is 11.8 Å². The molecule has 0 saturated carbocycles. The molecule has 20 heavy (non-hydrogen) atoms. The molecule has 0 unspecified atom stereocenters. The van der Waals surface area contributed by atoms with Crippen LogP contribution in [0.2, 0.25) is 8.67 Å². The molecule has 0 spiro atoms. The molecular weight excluding hydrogens is 339 g/mol. The van der Waals surface area contributed by atoms with Crippen LogP contribution in [-0.4, -0.2) is 15.0 Å². The van der Waals surface area contributed by atoms with E-state index in [2.05, 4.69) is 0 Å². The Bertz CT molecular complexity index is 712. The number of rotatable bonds is 4. The van der Waals surface area contributed by atoms with E-state index in [1.54, 1.807) is 31.2 Å². The number of thiophene rings is 1. The van der Waals surface area contributed by atoms with Crippen molar-refractivity contribution in [3.05, 3.63) is 39.0 Å². The third-order valence-corrected chi connectivity index (χ3v) is 6.32. The molecule has 0 radical (unpaired) electrons. The molecule has 0 atom stereocenters. The summed E-state index contributed by atoms with van der Waals surface area (Å²) in [6.45, 7) is 2.02. The van der Waals surface area contributed by atoms with Crippen LogP contribution in [0.15, 0.2) is 35.2 Å². The first-order chi connectivity index (χ1) is 9.36. The molecule has 1 heterocycles. The van der Waals surface area contributed by atoms with E-state index in [0.717, 1.165) is 11.3 Å². The number of nitrogen functional groups attached to an aromatic ring is 1. The van der Waals surface area contributed by atoms with Gasteiger partial charge in [-0.15, -0.1) is 11.3 Å². The van der Waals surface area contributed by atoms with Gasteiger partial charge in [0.1, 0.15) is 9.23 Å². The number of nitrogens with zero attached hydrogens (tertiary/aromatic N) is 1. The highest BCUT2D eigenvalue weighted by atomic mass is 35.5. The maximum absolute atomic E-state index is 12.6. The van der Waals surface area contributed by atoms with E-state index in [1.807, 2.05) is 0 Å². The Hall–Kier alpha value is -0.950. The molecule has 4 nitrogen and oxygen atoms in total. The van der Waals surface area contributed by atoms with Crippen molar-refractivity contribution in [1.29, 1.82) is 0 Å². The largest absolute Gasteiger partial charge is 0.399 e. The molecule has 1 aromatic heterocycles. The average Bonchev–Trinajstić information content (AvgIpc) is 2.72.